The number of rotatable bonds is 4. The van der Waals surface area contributed by atoms with Crippen molar-refractivity contribution in [1.82, 2.24) is 14.9 Å². The van der Waals surface area contributed by atoms with Gasteiger partial charge in [0.2, 0.25) is 0 Å². The van der Waals surface area contributed by atoms with E-state index in [-0.39, 0.29) is 6.09 Å². The molecule has 156 valence electrons. The van der Waals surface area contributed by atoms with Crippen LogP contribution >= 0.6 is 0 Å². The van der Waals surface area contributed by atoms with Crippen molar-refractivity contribution in [3.05, 3.63) is 17.2 Å². The number of hydrogen-bond acceptors (Lipinski definition) is 3. The summed E-state index contributed by atoms with van der Waals surface area (Å²) in [6.45, 7) is 26.8. The number of carbonyl (C=O) groups is 1. The zero-order valence-corrected chi connectivity index (χ0v) is 19.7. The van der Waals surface area contributed by atoms with E-state index in [1.54, 1.807) is 4.90 Å². The topological polar surface area (TPSA) is 58.2 Å². The number of amides is 1. The highest BCUT2D eigenvalue weighted by molar-refractivity contribution is 5.68. The molecule has 0 aliphatic carbocycles. The Labute approximate surface area is 162 Å². The lowest BCUT2D eigenvalue weighted by molar-refractivity contribution is 0.0206. The number of H-pyrrole nitrogens is 1. The average molecular weight is 372 g/mol. The summed E-state index contributed by atoms with van der Waals surface area (Å²) in [6.07, 6.45) is -0.294. The van der Waals surface area contributed by atoms with Crippen LogP contribution in [0, 0.1) is 19.8 Å². The minimum atomic E-state index is -0.485. The van der Waals surface area contributed by atoms with Gasteiger partial charge in [-0.15, -0.1) is 0 Å². The lowest BCUT2D eigenvalue weighted by Gasteiger charge is -2.28. The Morgan fingerprint density at radius 1 is 1.08 bits per heavy atom. The van der Waals surface area contributed by atoms with Gasteiger partial charge in [0, 0.05) is 12.2 Å². The molecule has 1 N–H and O–H groups in total. The second-order valence-electron chi connectivity index (χ2n) is 6.65. The maximum absolute atomic E-state index is 12.3. The van der Waals surface area contributed by atoms with Gasteiger partial charge in [-0.05, 0) is 40.5 Å². The molecule has 0 aromatic carbocycles. The molecule has 0 saturated carbocycles. The Bertz CT molecular complexity index is 441. The third-order valence-corrected chi connectivity index (χ3v) is 2.76. The molecule has 1 aromatic rings. The predicted molar refractivity (Wildman–Crippen MR) is 114 cm³/mol. The number of hydrogen-bond donors (Lipinski definition) is 1. The Morgan fingerprint density at radius 3 is 1.85 bits per heavy atom. The van der Waals surface area contributed by atoms with E-state index < -0.39 is 5.60 Å². The molecule has 1 aromatic heterocycles. The van der Waals surface area contributed by atoms with Gasteiger partial charge in [-0.3, -0.25) is 0 Å². The van der Waals surface area contributed by atoms with E-state index in [0.717, 1.165) is 17.2 Å². The number of aromatic nitrogens is 2. The quantitative estimate of drug-likeness (QED) is 0.657. The highest BCUT2D eigenvalue weighted by Gasteiger charge is 2.23. The largest absolute Gasteiger partial charge is 0.444 e. The minimum absolute atomic E-state index is 0.294. The molecule has 0 unspecified atom stereocenters. The summed E-state index contributed by atoms with van der Waals surface area (Å²) in [5, 5.41) is 0. The number of imidazole rings is 1. The van der Waals surface area contributed by atoms with Gasteiger partial charge >= 0.3 is 6.09 Å². The minimum Gasteiger partial charge on any atom is -0.444 e. The third-order valence-electron chi connectivity index (χ3n) is 2.76. The van der Waals surface area contributed by atoms with E-state index in [1.165, 1.54) is 0 Å². The summed E-state index contributed by atoms with van der Waals surface area (Å²) >= 11 is 0. The van der Waals surface area contributed by atoms with Crippen molar-refractivity contribution in [1.29, 1.82) is 0 Å². The highest BCUT2D eigenvalue weighted by Crippen LogP contribution is 2.14. The van der Waals surface area contributed by atoms with Crippen molar-refractivity contribution in [2.75, 3.05) is 6.54 Å². The van der Waals surface area contributed by atoms with Crippen molar-refractivity contribution < 1.29 is 9.53 Å². The molecule has 5 nitrogen and oxygen atoms in total. The molecule has 0 aliphatic heterocycles. The Hall–Kier alpha value is -1.52. The Kier molecular flexibility index (Phi) is 17.7. The summed E-state index contributed by atoms with van der Waals surface area (Å²) < 4.78 is 5.46. The Balaban J connectivity index is -0.000000795. The van der Waals surface area contributed by atoms with Gasteiger partial charge in [-0.25, -0.2) is 9.78 Å². The molecule has 5 heteroatoms. The second-order valence-corrected chi connectivity index (χ2v) is 6.65. The van der Waals surface area contributed by atoms with E-state index in [4.69, 9.17) is 4.74 Å². The fourth-order valence-electron chi connectivity index (χ4n) is 1.85. The van der Waals surface area contributed by atoms with Gasteiger partial charge < -0.3 is 14.6 Å². The van der Waals surface area contributed by atoms with E-state index >= 15 is 0 Å². The van der Waals surface area contributed by atoms with Gasteiger partial charge in [0.25, 0.3) is 0 Å². The highest BCUT2D eigenvalue weighted by atomic mass is 16.6. The van der Waals surface area contributed by atoms with E-state index in [0.29, 0.717) is 19.0 Å². The molecule has 0 atom stereocenters. The first kappa shape index (κ1) is 29.3. The molecule has 1 rings (SSSR count). The first-order valence-corrected chi connectivity index (χ1v) is 10.1. The van der Waals surface area contributed by atoms with Crippen LogP contribution in [-0.4, -0.2) is 33.1 Å². The molecule has 0 fully saturated rings. The van der Waals surface area contributed by atoms with Crippen LogP contribution in [0.25, 0.3) is 0 Å². The number of aromatic amines is 1. The summed E-state index contributed by atoms with van der Waals surface area (Å²) in [5.41, 5.74) is 1.52. The van der Waals surface area contributed by atoms with Crippen LogP contribution in [0.2, 0.25) is 0 Å². The molecule has 1 amide bonds. The van der Waals surface area contributed by atoms with Crippen molar-refractivity contribution >= 4 is 6.09 Å². The first-order chi connectivity index (χ1) is 12.1. The molecular formula is C21H45N3O2. The van der Waals surface area contributed by atoms with Gasteiger partial charge in [0.05, 0.1) is 12.2 Å². The maximum Gasteiger partial charge on any atom is 0.410 e. The molecular weight excluding hydrogens is 326 g/mol. The number of nitrogens with one attached hydrogen (secondary N) is 1. The summed E-state index contributed by atoms with van der Waals surface area (Å²) in [5.74, 6) is 1.17. The Morgan fingerprint density at radius 2 is 1.54 bits per heavy atom. The standard InChI is InChI=1S/C15H27N3O2.3C2H6/c1-10(2)8-18(14(19)20-15(5,6)7)9-13-16-11(3)12(4)17-13;3*1-2/h10H,8-9H2,1-7H3,(H,16,17);3*1-2H3. The van der Waals surface area contributed by atoms with Crippen LogP contribution in [0.5, 0.6) is 0 Å². The van der Waals surface area contributed by atoms with Crippen molar-refractivity contribution in [3.63, 3.8) is 0 Å². The van der Waals surface area contributed by atoms with E-state index in [1.807, 2.05) is 76.2 Å². The van der Waals surface area contributed by atoms with Gasteiger partial charge in [-0.1, -0.05) is 55.4 Å². The molecule has 0 radical (unpaired) electrons. The van der Waals surface area contributed by atoms with Crippen LogP contribution in [-0.2, 0) is 11.3 Å². The SMILES string of the molecule is CC.CC.CC.Cc1nc(CN(CC(C)C)C(=O)OC(C)(C)C)[nH]c1C. The van der Waals surface area contributed by atoms with E-state index in [9.17, 15) is 4.79 Å². The summed E-state index contributed by atoms with van der Waals surface area (Å²) in [4.78, 5) is 21.6. The average Bonchev–Trinajstić information content (AvgIpc) is 2.88. The van der Waals surface area contributed by atoms with Crippen molar-refractivity contribution in [2.24, 2.45) is 5.92 Å². The normalized spacial score (nSPS) is 9.77. The lowest BCUT2D eigenvalue weighted by Crippen LogP contribution is -2.38. The van der Waals surface area contributed by atoms with E-state index in [2.05, 4.69) is 23.8 Å². The zero-order valence-electron chi connectivity index (χ0n) is 19.7. The molecule has 0 aliphatic rings. The molecule has 0 spiro atoms. The van der Waals surface area contributed by atoms with Crippen LogP contribution in [0.3, 0.4) is 0 Å². The van der Waals surface area contributed by atoms with Crippen LogP contribution in [0.4, 0.5) is 4.79 Å². The molecule has 1 heterocycles. The number of ether oxygens (including phenoxy) is 1. The zero-order chi connectivity index (χ0) is 21.5. The smallest absolute Gasteiger partial charge is 0.410 e. The molecule has 26 heavy (non-hydrogen) atoms. The predicted octanol–water partition coefficient (Wildman–Crippen LogP) is 6.50. The first-order valence-electron chi connectivity index (χ1n) is 10.1. The van der Waals surface area contributed by atoms with Crippen LogP contribution in [0.15, 0.2) is 0 Å². The summed E-state index contributed by atoms with van der Waals surface area (Å²) in [6, 6.07) is 0. The molecule has 0 bridgehead atoms. The third kappa shape index (κ3) is 13.7. The summed E-state index contributed by atoms with van der Waals surface area (Å²) in [7, 11) is 0. The number of aryl methyl sites for hydroxylation is 2. The molecule has 0 saturated heterocycles. The lowest BCUT2D eigenvalue weighted by atomic mass is 10.2. The fourth-order valence-corrected chi connectivity index (χ4v) is 1.85. The van der Waals surface area contributed by atoms with Crippen LogP contribution < -0.4 is 0 Å². The second kappa shape index (κ2) is 15.7. The van der Waals surface area contributed by atoms with Gasteiger partial charge in [0.1, 0.15) is 11.4 Å². The van der Waals surface area contributed by atoms with Gasteiger partial charge in [0.15, 0.2) is 0 Å². The van der Waals surface area contributed by atoms with Crippen molar-refractivity contribution in [2.45, 2.75) is 102 Å². The van der Waals surface area contributed by atoms with Gasteiger partial charge in [-0.2, -0.15) is 0 Å². The van der Waals surface area contributed by atoms with Crippen LogP contribution in [0.1, 0.15) is 93.4 Å². The number of nitrogens with zero attached hydrogens (tertiary/aromatic N) is 2. The monoisotopic (exact) mass is 371 g/mol. The van der Waals surface area contributed by atoms with Crippen molar-refractivity contribution in [3.8, 4) is 0 Å². The fraction of sp³-hybridized carbons (Fsp3) is 0.810. The number of carbonyl (C=O) groups excluding carboxylic acids is 1. The maximum atomic E-state index is 12.3.